The second-order valence-corrected chi connectivity index (χ2v) is 8.17. The van der Waals surface area contributed by atoms with E-state index in [9.17, 15) is 23.1 Å². The van der Waals surface area contributed by atoms with E-state index >= 15 is 0 Å². The predicted molar refractivity (Wildman–Crippen MR) is 98.8 cm³/mol. The molecule has 0 atom stereocenters. The van der Waals surface area contributed by atoms with Crippen LogP contribution in [0.25, 0.3) is 0 Å². The first-order valence-corrected chi connectivity index (χ1v) is 9.71. The molecule has 0 aliphatic rings. The maximum atomic E-state index is 12.2. The number of anilines is 1. The largest absolute Gasteiger partial charge is 0.479 e. The lowest BCUT2D eigenvalue weighted by Gasteiger charge is -2.19. The Morgan fingerprint density at radius 2 is 1.85 bits per heavy atom. The van der Waals surface area contributed by atoms with Gasteiger partial charge in [0.15, 0.2) is 5.54 Å². The van der Waals surface area contributed by atoms with Crippen LogP contribution in [0.1, 0.15) is 26.3 Å². The summed E-state index contributed by atoms with van der Waals surface area (Å²) in [5, 5.41) is 15.8. The summed E-state index contributed by atoms with van der Waals surface area (Å²) in [7, 11) is -3.53. The average molecular weight is 394 g/mol. The quantitative estimate of drug-likeness (QED) is 0.616. The summed E-state index contributed by atoms with van der Waals surface area (Å²) in [5.74, 6) is -1.37. The van der Waals surface area contributed by atoms with Gasteiger partial charge in [0.2, 0.25) is 15.9 Å². The standard InChI is InChI=1S/C17H22N4O5S/c1-4-19-27(25,26)14-7-5-12(6-8-14)9-15(22)20-13-10-18-21(11-13)17(2,3)16(23)24/h5-8,10-11,19H,4,9H2,1-3H3,(H,20,22)(H,23,24). The van der Waals surface area contributed by atoms with Gasteiger partial charge in [0.25, 0.3) is 0 Å². The van der Waals surface area contributed by atoms with Gasteiger partial charge in [-0.25, -0.2) is 17.9 Å². The number of carbonyl (C=O) groups is 2. The highest BCUT2D eigenvalue weighted by Gasteiger charge is 2.30. The molecule has 10 heteroatoms. The number of hydrogen-bond acceptors (Lipinski definition) is 5. The van der Waals surface area contributed by atoms with Gasteiger partial charge in [-0.2, -0.15) is 5.10 Å². The minimum absolute atomic E-state index is 0.0367. The van der Waals surface area contributed by atoms with Gasteiger partial charge < -0.3 is 10.4 Å². The van der Waals surface area contributed by atoms with Gasteiger partial charge in [-0.15, -0.1) is 0 Å². The highest BCUT2D eigenvalue weighted by atomic mass is 32.2. The van der Waals surface area contributed by atoms with Crippen molar-refractivity contribution in [2.75, 3.05) is 11.9 Å². The van der Waals surface area contributed by atoms with E-state index in [4.69, 9.17) is 0 Å². The number of nitrogens with one attached hydrogen (secondary N) is 2. The molecule has 146 valence electrons. The van der Waals surface area contributed by atoms with Gasteiger partial charge in [-0.1, -0.05) is 19.1 Å². The first-order valence-electron chi connectivity index (χ1n) is 8.23. The van der Waals surface area contributed by atoms with Crippen LogP contribution in [-0.4, -0.2) is 41.7 Å². The maximum Gasteiger partial charge on any atom is 0.331 e. The van der Waals surface area contributed by atoms with Crippen LogP contribution in [0.15, 0.2) is 41.6 Å². The fourth-order valence-electron chi connectivity index (χ4n) is 2.24. The van der Waals surface area contributed by atoms with Gasteiger partial charge in [0.05, 0.1) is 23.2 Å². The molecule has 3 N–H and O–H groups in total. The summed E-state index contributed by atoms with van der Waals surface area (Å²) in [4.78, 5) is 23.5. The molecule has 2 rings (SSSR count). The molecular weight excluding hydrogens is 372 g/mol. The zero-order valence-corrected chi connectivity index (χ0v) is 16.1. The highest BCUT2D eigenvalue weighted by molar-refractivity contribution is 7.89. The normalized spacial score (nSPS) is 12.0. The topological polar surface area (TPSA) is 130 Å². The lowest BCUT2D eigenvalue weighted by Crippen LogP contribution is -2.35. The summed E-state index contributed by atoms with van der Waals surface area (Å²) in [6, 6.07) is 6.02. The molecule has 1 aromatic heterocycles. The van der Waals surface area contributed by atoms with E-state index in [1.807, 2.05) is 0 Å². The Balaban J connectivity index is 2.02. The number of aliphatic carboxylic acids is 1. The third-order valence-corrected chi connectivity index (χ3v) is 5.46. The number of amides is 1. The van der Waals surface area contributed by atoms with Crippen LogP contribution in [0, 0.1) is 0 Å². The molecule has 1 aromatic carbocycles. The van der Waals surface area contributed by atoms with Crippen molar-refractivity contribution in [2.45, 2.75) is 37.6 Å². The fraction of sp³-hybridized carbons (Fsp3) is 0.353. The molecule has 1 amide bonds. The van der Waals surface area contributed by atoms with E-state index in [1.54, 1.807) is 19.1 Å². The Kier molecular flexibility index (Phi) is 6.01. The molecule has 0 saturated carbocycles. The maximum absolute atomic E-state index is 12.2. The lowest BCUT2D eigenvalue weighted by molar-refractivity contribution is -0.146. The number of rotatable bonds is 8. The number of carboxylic acids is 1. The molecule has 0 bridgehead atoms. The molecule has 2 aromatic rings. The van der Waals surface area contributed by atoms with E-state index in [1.165, 1.54) is 43.1 Å². The van der Waals surface area contributed by atoms with Crippen molar-refractivity contribution in [2.24, 2.45) is 0 Å². The predicted octanol–water partition coefficient (Wildman–Crippen LogP) is 1.18. The van der Waals surface area contributed by atoms with E-state index in [0.29, 0.717) is 17.8 Å². The molecule has 0 fully saturated rings. The molecular formula is C17H22N4O5S. The molecule has 0 unspecified atom stereocenters. The summed E-state index contributed by atoms with van der Waals surface area (Å²) in [6.07, 6.45) is 2.85. The van der Waals surface area contributed by atoms with Crippen LogP contribution < -0.4 is 10.0 Å². The summed E-state index contributed by atoms with van der Waals surface area (Å²) in [6.45, 7) is 4.97. The van der Waals surface area contributed by atoms with E-state index in [0.717, 1.165) is 0 Å². The van der Waals surface area contributed by atoms with Crippen LogP contribution in [0.2, 0.25) is 0 Å². The Morgan fingerprint density at radius 3 is 2.41 bits per heavy atom. The van der Waals surface area contributed by atoms with Gasteiger partial charge >= 0.3 is 5.97 Å². The van der Waals surface area contributed by atoms with Crippen molar-refractivity contribution in [1.82, 2.24) is 14.5 Å². The number of benzene rings is 1. The third kappa shape index (κ3) is 4.92. The monoisotopic (exact) mass is 394 g/mol. The average Bonchev–Trinajstić information content (AvgIpc) is 3.04. The van der Waals surface area contributed by atoms with Gasteiger partial charge in [0.1, 0.15) is 0 Å². The smallest absolute Gasteiger partial charge is 0.331 e. The van der Waals surface area contributed by atoms with Crippen molar-refractivity contribution >= 4 is 27.6 Å². The lowest BCUT2D eigenvalue weighted by atomic mass is 10.1. The number of carboxylic acid groups (broad SMARTS) is 1. The van der Waals surface area contributed by atoms with Crippen LogP contribution >= 0.6 is 0 Å². The van der Waals surface area contributed by atoms with E-state index in [2.05, 4.69) is 15.1 Å². The van der Waals surface area contributed by atoms with Crippen molar-refractivity contribution in [3.05, 3.63) is 42.2 Å². The van der Waals surface area contributed by atoms with Gasteiger partial charge in [-0.3, -0.25) is 9.48 Å². The third-order valence-electron chi connectivity index (χ3n) is 3.90. The van der Waals surface area contributed by atoms with E-state index in [-0.39, 0.29) is 17.2 Å². The second-order valence-electron chi connectivity index (χ2n) is 6.41. The summed E-state index contributed by atoms with van der Waals surface area (Å²) >= 11 is 0. The number of sulfonamides is 1. The fourth-order valence-corrected chi connectivity index (χ4v) is 3.28. The number of hydrogen-bond donors (Lipinski definition) is 3. The Morgan fingerprint density at radius 1 is 1.22 bits per heavy atom. The molecule has 0 saturated heterocycles. The highest BCUT2D eigenvalue weighted by Crippen LogP contribution is 2.18. The van der Waals surface area contributed by atoms with Gasteiger partial charge in [-0.05, 0) is 31.5 Å². The Hall–Kier alpha value is -2.72. The summed E-state index contributed by atoms with van der Waals surface area (Å²) in [5.41, 5.74) is -0.224. The first-order chi connectivity index (χ1) is 12.6. The van der Waals surface area contributed by atoms with Crippen molar-refractivity contribution in [1.29, 1.82) is 0 Å². The molecule has 0 aliphatic heterocycles. The van der Waals surface area contributed by atoms with E-state index < -0.39 is 21.5 Å². The summed E-state index contributed by atoms with van der Waals surface area (Å²) < 4.78 is 27.4. The van der Waals surface area contributed by atoms with Crippen LogP contribution in [0.5, 0.6) is 0 Å². The molecule has 0 radical (unpaired) electrons. The van der Waals surface area contributed by atoms with Crippen LogP contribution in [0.4, 0.5) is 5.69 Å². The molecule has 1 heterocycles. The molecule has 0 spiro atoms. The number of carbonyl (C=O) groups excluding carboxylic acids is 1. The van der Waals surface area contributed by atoms with Crippen molar-refractivity contribution < 1.29 is 23.1 Å². The minimum atomic E-state index is -3.53. The Bertz CT molecular complexity index is 932. The SMILES string of the molecule is CCNS(=O)(=O)c1ccc(CC(=O)Nc2cnn(C(C)(C)C(=O)O)c2)cc1. The van der Waals surface area contributed by atoms with Crippen molar-refractivity contribution in [3.63, 3.8) is 0 Å². The molecule has 9 nitrogen and oxygen atoms in total. The second kappa shape index (κ2) is 7.89. The number of aromatic nitrogens is 2. The number of nitrogens with zero attached hydrogens (tertiary/aromatic N) is 2. The zero-order valence-electron chi connectivity index (χ0n) is 15.3. The van der Waals surface area contributed by atoms with Crippen LogP contribution in [0.3, 0.4) is 0 Å². The van der Waals surface area contributed by atoms with Crippen molar-refractivity contribution in [3.8, 4) is 0 Å². The molecule has 27 heavy (non-hydrogen) atoms. The zero-order chi connectivity index (χ0) is 20.2. The molecule has 0 aliphatic carbocycles. The minimum Gasteiger partial charge on any atom is -0.479 e. The Labute approximate surface area is 157 Å². The first kappa shape index (κ1) is 20.6. The van der Waals surface area contributed by atoms with Gasteiger partial charge in [0, 0.05) is 12.7 Å². The van der Waals surface area contributed by atoms with Crippen LogP contribution in [-0.2, 0) is 31.6 Å².